The standard InChI is InChI=1S/C17H23N5O2S/c1-2-24-15-9-7-14(8-10-15)22-17(19-20-21-22)25-12-11-16(23)18-13-5-3-4-6-13/h7-10,13H,2-6,11-12H2,1H3,(H,18,23). The fourth-order valence-corrected chi connectivity index (χ4v) is 3.71. The second-order valence-electron chi connectivity index (χ2n) is 5.95. The minimum Gasteiger partial charge on any atom is -0.494 e. The van der Waals surface area contributed by atoms with Crippen LogP contribution in [0.25, 0.3) is 5.69 Å². The van der Waals surface area contributed by atoms with Gasteiger partial charge in [0, 0.05) is 18.2 Å². The molecule has 0 spiro atoms. The van der Waals surface area contributed by atoms with Crippen LogP contribution in [-0.2, 0) is 4.79 Å². The molecule has 7 nitrogen and oxygen atoms in total. The SMILES string of the molecule is CCOc1ccc(-n2nnnc2SCCC(=O)NC2CCCC2)cc1. The molecule has 1 amide bonds. The Morgan fingerprint density at radius 1 is 1.32 bits per heavy atom. The molecule has 1 aliphatic rings. The Morgan fingerprint density at radius 2 is 2.08 bits per heavy atom. The van der Waals surface area contributed by atoms with Crippen LogP contribution in [0.5, 0.6) is 5.75 Å². The van der Waals surface area contributed by atoms with E-state index in [-0.39, 0.29) is 5.91 Å². The summed E-state index contributed by atoms with van der Waals surface area (Å²) in [5.41, 5.74) is 0.867. The Hall–Kier alpha value is -2.09. The van der Waals surface area contributed by atoms with E-state index in [2.05, 4.69) is 20.8 Å². The maximum absolute atomic E-state index is 12.0. The molecule has 1 saturated carbocycles. The van der Waals surface area contributed by atoms with Gasteiger partial charge in [-0.15, -0.1) is 5.10 Å². The highest BCUT2D eigenvalue weighted by molar-refractivity contribution is 7.99. The Labute approximate surface area is 151 Å². The lowest BCUT2D eigenvalue weighted by Gasteiger charge is -2.11. The van der Waals surface area contributed by atoms with Crippen molar-refractivity contribution in [3.8, 4) is 11.4 Å². The van der Waals surface area contributed by atoms with E-state index in [4.69, 9.17) is 4.74 Å². The molecule has 0 radical (unpaired) electrons. The molecule has 134 valence electrons. The van der Waals surface area contributed by atoms with Crippen molar-refractivity contribution in [1.29, 1.82) is 0 Å². The average Bonchev–Trinajstić information content (AvgIpc) is 3.28. The second kappa shape index (κ2) is 8.84. The van der Waals surface area contributed by atoms with Crippen LogP contribution < -0.4 is 10.1 Å². The van der Waals surface area contributed by atoms with Gasteiger partial charge in [0.15, 0.2) is 0 Å². The number of nitrogens with zero attached hydrogens (tertiary/aromatic N) is 4. The average molecular weight is 361 g/mol. The number of carbonyl (C=O) groups excluding carboxylic acids is 1. The lowest BCUT2D eigenvalue weighted by Crippen LogP contribution is -2.32. The van der Waals surface area contributed by atoms with E-state index in [0.29, 0.717) is 30.0 Å². The topological polar surface area (TPSA) is 81.9 Å². The molecular weight excluding hydrogens is 338 g/mol. The summed E-state index contributed by atoms with van der Waals surface area (Å²) in [7, 11) is 0. The van der Waals surface area contributed by atoms with Gasteiger partial charge in [-0.3, -0.25) is 4.79 Å². The van der Waals surface area contributed by atoms with Gasteiger partial charge in [0.05, 0.1) is 12.3 Å². The minimum absolute atomic E-state index is 0.111. The van der Waals surface area contributed by atoms with Gasteiger partial charge in [-0.25, -0.2) is 0 Å². The first-order chi connectivity index (χ1) is 12.3. The predicted molar refractivity (Wildman–Crippen MR) is 96.1 cm³/mol. The summed E-state index contributed by atoms with van der Waals surface area (Å²) < 4.78 is 7.12. The third kappa shape index (κ3) is 4.94. The van der Waals surface area contributed by atoms with E-state index in [1.807, 2.05) is 31.2 Å². The molecule has 1 aromatic carbocycles. The van der Waals surface area contributed by atoms with Gasteiger partial charge in [0.1, 0.15) is 5.75 Å². The molecule has 1 N–H and O–H groups in total. The number of thioether (sulfide) groups is 1. The fraction of sp³-hybridized carbons (Fsp3) is 0.529. The predicted octanol–water partition coefficient (Wildman–Crippen LogP) is 2.60. The number of nitrogens with one attached hydrogen (secondary N) is 1. The highest BCUT2D eigenvalue weighted by Gasteiger charge is 2.17. The van der Waals surface area contributed by atoms with Crippen LogP contribution in [0, 0.1) is 0 Å². The van der Waals surface area contributed by atoms with Gasteiger partial charge in [-0.1, -0.05) is 24.6 Å². The van der Waals surface area contributed by atoms with Gasteiger partial charge in [0.2, 0.25) is 11.1 Å². The first-order valence-corrected chi connectivity index (χ1v) is 9.68. The van der Waals surface area contributed by atoms with Gasteiger partial charge in [-0.2, -0.15) is 4.68 Å². The maximum Gasteiger partial charge on any atom is 0.221 e. The number of tetrazole rings is 1. The number of amides is 1. The summed E-state index contributed by atoms with van der Waals surface area (Å²) >= 11 is 1.48. The third-order valence-corrected chi connectivity index (χ3v) is 5.03. The molecule has 0 atom stereocenters. The zero-order valence-electron chi connectivity index (χ0n) is 14.4. The number of hydrogen-bond acceptors (Lipinski definition) is 6. The zero-order chi connectivity index (χ0) is 17.5. The first kappa shape index (κ1) is 17.7. The van der Waals surface area contributed by atoms with Crippen molar-refractivity contribution in [2.75, 3.05) is 12.4 Å². The number of rotatable bonds is 8. The van der Waals surface area contributed by atoms with E-state index in [1.54, 1.807) is 4.68 Å². The maximum atomic E-state index is 12.0. The van der Waals surface area contributed by atoms with E-state index >= 15 is 0 Å². The Kier molecular flexibility index (Phi) is 6.27. The van der Waals surface area contributed by atoms with Gasteiger partial charge >= 0.3 is 0 Å². The molecule has 1 fully saturated rings. The zero-order valence-corrected chi connectivity index (χ0v) is 15.2. The highest BCUT2D eigenvalue weighted by Crippen LogP contribution is 2.21. The molecule has 3 rings (SSSR count). The molecule has 1 aliphatic carbocycles. The van der Waals surface area contributed by atoms with Crippen LogP contribution >= 0.6 is 11.8 Å². The van der Waals surface area contributed by atoms with E-state index < -0.39 is 0 Å². The lowest BCUT2D eigenvalue weighted by molar-refractivity contribution is -0.121. The van der Waals surface area contributed by atoms with Gasteiger partial charge < -0.3 is 10.1 Å². The number of aromatic nitrogens is 4. The van der Waals surface area contributed by atoms with Crippen LogP contribution in [0.1, 0.15) is 39.0 Å². The normalized spacial score (nSPS) is 14.6. The summed E-state index contributed by atoms with van der Waals surface area (Å²) in [4.78, 5) is 12.0. The number of benzene rings is 1. The number of hydrogen-bond donors (Lipinski definition) is 1. The molecule has 0 bridgehead atoms. The smallest absolute Gasteiger partial charge is 0.221 e. The van der Waals surface area contributed by atoms with Crippen LogP contribution in [0.15, 0.2) is 29.4 Å². The third-order valence-electron chi connectivity index (χ3n) is 4.11. The molecule has 1 heterocycles. The van der Waals surface area contributed by atoms with E-state index in [9.17, 15) is 4.79 Å². The van der Waals surface area contributed by atoms with Crippen LogP contribution in [0.2, 0.25) is 0 Å². The summed E-state index contributed by atoms with van der Waals surface area (Å²) in [6, 6.07) is 7.98. The molecule has 2 aromatic rings. The van der Waals surface area contributed by atoms with Crippen LogP contribution in [0.4, 0.5) is 0 Å². The molecule has 1 aromatic heterocycles. The van der Waals surface area contributed by atoms with Crippen molar-refractivity contribution in [1.82, 2.24) is 25.5 Å². The molecule has 25 heavy (non-hydrogen) atoms. The molecule has 0 unspecified atom stereocenters. The highest BCUT2D eigenvalue weighted by atomic mass is 32.2. The summed E-state index contributed by atoms with van der Waals surface area (Å²) in [6.07, 6.45) is 5.12. The first-order valence-electron chi connectivity index (χ1n) is 8.70. The molecule has 8 heteroatoms. The quantitative estimate of drug-likeness (QED) is 0.728. The van der Waals surface area contributed by atoms with Crippen molar-refractivity contribution in [2.24, 2.45) is 0 Å². The molecule has 0 saturated heterocycles. The fourth-order valence-electron chi connectivity index (χ4n) is 2.89. The van der Waals surface area contributed by atoms with Crippen molar-refractivity contribution in [2.45, 2.75) is 50.2 Å². The second-order valence-corrected chi connectivity index (χ2v) is 7.01. The lowest BCUT2D eigenvalue weighted by atomic mass is 10.2. The van der Waals surface area contributed by atoms with Gasteiger partial charge in [0.25, 0.3) is 0 Å². The summed E-state index contributed by atoms with van der Waals surface area (Å²) in [5, 5.41) is 15.6. The van der Waals surface area contributed by atoms with Gasteiger partial charge in [-0.05, 0) is 54.5 Å². The Morgan fingerprint density at radius 3 is 2.80 bits per heavy atom. The largest absolute Gasteiger partial charge is 0.494 e. The van der Waals surface area contributed by atoms with Crippen molar-refractivity contribution in [3.05, 3.63) is 24.3 Å². The number of ether oxygens (including phenoxy) is 1. The van der Waals surface area contributed by atoms with E-state index in [0.717, 1.165) is 24.3 Å². The van der Waals surface area contributed by atoms with Crippen LogP contribution in [0.3, 0.4) is 0 Å². The van der Waals surface area contributed by atoms with E-state index in [1.165, 1.54) is 24.6 Å². The van der Waals surface area contributed by atoms with Crippen molar-refractivity contribution < 1.29 is 9.53 Å². The number of carbonyl (C=O) groups is 1. The Balaban J connectivity index is 1.52. The van der Waals surface area contributed by atoms with Crippen LogP contribution in [-0.4, -0.2) is 44.5 Å². The van der Waals surface area contributed by atoms with Crippen molar-refractivity contribution in [3.63, 3.8) is 0 Å². The Bertz CT molecular complexity index is 683. The summed E-state index contributed by atoms with van der Waals surface area (Å²) in [6.45, 7) is 2.58. The minimum atomic E-state index is 0.111. The molecular formula is C17H23N5O2S. The monoisotopic (exact) mass is 361 g/mol. The molecule has 0 aliphatic heterocycles. The van der Waals surface area contributed by atoms with Crippen molar-refractivity contribution >= 4 is 17.7 Å². The summed E-state index contributed by atoms with van der Waals surface area (Å²) in [5.74, 6) is 1.58.